The molecule has 0 aliphatic carbocycles. The van der Waals surface area contributed by atoms with E-state index in [9.17, 15) is 4.79 Å². The summed E-state index contributed by atoms with van der Waals surface area (Å²) in [6.07, 6.45) is 0. The maximum absolute atomic E-state index is 12.3. The molecule has 1 atom stereocenters. The Balaban J connectivity index is 2.25. The van der Waals surface area contributed by atoms with Gasteiger partial charge in [-0.2, -0.15) is 0 Å². The van der Waals surface area contributed by atoms with E-state index in [0.717, 1.165) is 0 Å². The number of ether oxygens (including phenoxy) is 2. The number of carbonyl (C=O) groups is 1. The summed E-state index contributed by atoms with van der Waals surface area (Å²) in [5.41, 5.74) is 0.558. The minimum atomic E-state index is -0.0522. The van der Waals surface area contributed by atoms with Gasteiger partial charge in [-0.25, -0.2) is 0 Å². The summed E-state index contributed by atoms with van der Waals surface area (Å²) in [4.78, 5) is 14.2. The van der Waals surface area contributed by atoms with Gasteiger partial charge in [0.25, 0.3) is 5.91 Å². The van der Waals surface area contributed by atoms with Crippen LogP contribution in [0, 0.1) is 0 Å². The van der Waals surface area contributed by atoms with Crippen LogP contribution >= 0.6 is 15.9 Å². The molecular formula is C13H16BrNO3. The number of carbonyl (C=O) groups excluding carboxylic acids is 1. The molecule has 1 unspecified atom stereocenters. The molecule has 0 N–H and O–H groups in total. The number of benzene rings is 1. The van der Waals surface area contributed by atoms with Crippen molar-refractivity contribution in [3.63, 3.8) is 0 Å². The largest absolute Gasteiger partial charge is 0.486 e. The first-order valence-corrected chi connectivity index (χ1v) is 6.79. The standard InChI is InChI=1S/C13H16BrNO3/c1-9(14)8-15(2)13(16)10-4-3-5-11-12(10)18-7-6-17-11/h3-5,9H,6-8H2,1-2H3. The van der Waals surface area contributed by atoms with Gasteiger partial charge >= 0.3 is 0 Å². The predicted molar refractivity (Wildman–Crippen MR) is 72.8 cm³/mol. The van der Waals surface area contributed by atoms with E-state index >= 15 is 0 Å². The van der Waals surface area contributed by atoms with Crippen LogP contribution in [-0.4, -0.2) is 42.4 Å². The third kappa shape index (κ3) is 2.77. The van der Waals surface area contributed by atoms with Crippen LogP contribution in [0.1, 0.15) is 17.3 Å². The zero-order valence-corrected chi connectivity index (χ0v) is 12.1. The highest BCUT2D eigenvalue weighted by Gasteiger charge is 2.22. The fourth-order valence-corrected chi connectivity index (χ4v) is 2.34. The maximum atomic E-state index is 12.3. The van der Waals surface area contributed by atoms with E-state index in [-0.39, 0.29) is 10.7 Å². The third-order valence-electron chi connectivity index (χ3n) is 2.67. The van der Waals surface area contributed by atoms with Crippen molar-refractivity contribution in [3.05, 3.63) is 23.8 Å². The van der Waals surface area contributed by atoms with Crippen molar-refractivity contribution in [2.24, 2.45) is 0 Å². The summed E-state index contributed by atoms with van der Waals surface area (Å²) in [6, 6.07) is 5.40. The van der Waals surface area contributed by atoms with Crippen molar-refractivity contribution >= 4 is 21.8 Å². The normalized spacial score (nSPS) is 15.1. The van der Waals surface area contributed by atoms with Gasteiger partial charge in [0.15, 0.2) is 11.5 Å². The Kier molecular flexibility index (Phi) is 4.11. The minimum Gasteiger partial charge on any atom is -0.486 e. The summed E-state index contributed by atoms with van der Waals surface area (Å²) in [5, 5.41) is 0. The lowest BCUT2D eigenvalue weighted by Crippen LogP contribution is -2.32. The molecule has 0 saturated heterocycles. The van der Waals surface area contributed by atoms with E-state index < -0.39 is 0 Å². The van der Waals surface area contributed by atoms with Gasteiger partial charge in [0.2, 0.25) is 0 Å². The molecule has 1 amide bonds. The predicted octanol–water partition coefficient (Wildman–Crippen LogP) is 2.31. The average molecular weight is 314 g/mol. The monoisotopic (exact) mass is 313 g/mol. The molecule has 0 spiro atoms. The molecule has 1 aliphatic rings. The molecule has 98 valence electrons. The van der Waals surface area contributed by atoms with Gasteiger partial charge in [-0.1, -0.05) is 28.9 Å². The number of halogens is 1. The van der Waals surface area contributed by atoms with Gasteiger partial charge in [0.1, 0.15) is 13.2 Å². The van der Waals surface area contributed by atoms with E-state index in [1.165, 1.54) is 0 Å². The lowest BCUT2D eigenvalue weighted by molar-refractivity contribution is 0.0786. The lowest BCUT2D eigenvalue weighted by Gasteiger charge is -2.23. The molecule has 4 nitrogen and oxygen atoms in total. The smallest absolute Gasteiger partial charge is 0.257 e. The number of fused-ring (bicyclic) bond motifs is 1. The van der Waals surface area contributed by atoms with Crippen LogP contribution < -0.4 is 9.47 Å². The SMILES string of the molecule is CC(Br)CN(C)C(=O)c1cccc2c1OCCO2. The molecule has 5 heteroatoms. The number of amides is 1. The van der Waals surface area contributed by atoms with Crippen LogP contribution in [0.5, 0.6) is 11.5 Å². The molecule has 0 radical (unpaired) electrons. The van der Waals surface area contributed by atoms with Crippen LogP contribution in [0.15, 0.2) is 18.2 Å². The highest BCUT2D eigenvalue weighted by Crippen LogP contribution is 2.34. The second kappa shape index (κ2) is 5.61. The highest BCUT2D eigenvalue weighted by molar-refractivity contribution is 9.09. The molecule has 0 saturated carbocycles. The number of alkyl halides is 1. The molecule has 1 aromatic rings. The third-order valence-corrected chi connectivity index (χ3v) is 2.96. The molecule has 2 rings (SSSR count). The van der Waals surface area contributed by atoms with E-state index in [1.807, 2.05) is 19.1 Å². The average Bonchev–Trinajstić information content (AvgIpc) is 2.36. The van der Waals surface area contributed by atoms with E-state index in [1.54, 1.807) is 18.0 Å². The Labute approximate surface area is 115 Å². The number of para-hydroxylation sites is 1. The maximum Gasteiger partial charge on any atom is 0.257 e. The first-order chi connectivity index (χ1) is 8.59. The fraction of sp³-hybridized carbons (Fsp3) is 0.462. The number of hydrogen-bond donors (Lipinski definition) is 0. The molecule has 0 fully saturated rings. The van der Waals surface area contributed by atoms with Crippen molar-refractivity contribution in [1.29, 1.82) is 0 Å². The van der Waals surface area contributed by atoms with Crippen molar-refractivity contribution < 1.29 is 14.3 Å². The van der Waals surface area contributed by atoms with Crippen molar-refractivity contribution in [2.75, 3.05) is 26.8 Å². The quantitative estimate of drug-likeness (QED) is 0.804. The van der Waals surface area contributed by atoms with Crippen LogP contribution in [0.2, 0.25) is 0 Å². The first kappa shape index (κ1) is 13.2. The topological polar surface area (TPSA) is 38.8 Å². The van der Waals surface area contributed by atoms with Crippen LogP contribution in [-0.2, 0) is 0 Å². The van der Waals surface area contributed by atoms with Gasteiger partial charge < -0.3 is 14.4 Å². The van der Waals surface area contributed by atoms with Crippen molar-refractivity contribution in [2.45, 2.75) is 11.8 Å². The zero-order chi connectivity index (χ0) is 13.1. The first-order valence-electron chi connectivity index (χ1n) is 5.87. The molecule has 18 heavy (non-hydrogen) atoms. The van der Waals surface area contributed by atoms with Gasteiger partial charge in [0, 0.05) is 18.4 Å². The van der Waals surface area contributed by atoms with Crippen molar-refractivity contribution in [1.82, 2.24) is 4.90 Å². The second-order valence-electron chi connectivity index (χ2n) is 4.30. The van der Waals surface area contributed by atoms with Crippen LogP contribution in [0.3, 0.4) is 0 Å². The Morgan fingerprint density at radius 3 is 2.89 bits per heavy atom. The van der Waals surface area contributed by atoms with Crippen molar-refractivity contribution in [3.8, 4) is 11.5 Å². The van der Waals surface area contributed by atoms with Gasteiger partial charge in [0.05, 0.1) is 5.56 Å². The molecule has 1 aliphatic heterocycles. The van der Waals surface area contributed by atoms with E-state index in [4.69, 9.17) is 9.47 Å². The summed E-state index contributed by atoms with van der Waals surface area (Å²) in [5.74, 6) is 1.15. The molecule has 1 aromatic carbocycles. The summed E-state index contributed by atoms with van der Waals surface area (Å²) < 4.78 is 11.0. The van der Waals surface area contributed by atoms with Gasteiger partial charge in [-0.05, 0) is 12.1 Å². The molecule has 0 aromatic heterocycles. The second-order valence-corrected chi connectivity index (χ2v) is 5.86. The van der Waals surface area contributed by atoms with Gasteiger partial charge in [-0.3, -0.25) is 4.79 Å². The number of hydrogen-bond acceptors (Lipinski definition) is 3. The van der Waals surface area contributed by atoms with E-state index in [0.29, 0.717) is 36.8 Å². The Bertz CT molecular complexity index is 448. The summed E-state index contributed by atoms with van der Waals surface area (Å²) in [6.45, 7) is 3.65. The van der Waals surface area contributed by atoms with Crippen LogP contribution in [0.4, 0.5) is 0 Å². The zero-order valence-electron chi connectivity index (χ0n) is 10.5. The Morgan fingerprint density at radius 1 is 1.44 bits per heavy atom. The van der Waals surface area contributed by atoms with Crippen LogP contribution in [0.25, 0.3) is 0 Å². The summed E-state index contributed by atoms with van der Waals surface area (Å²) >= 11 is 3.44. The Hall–Kier alpha value is -1.23. The number of nitrogens with zero attached hydrogens (tertiary/aromatic N) is 1. The minimum absolute atomic E-state index is 0.0522. The van der Waals surface area contributed by atoms with Gasteiger partial charge in [-0.15, -0.1) is 0 Å². The van der Waals surface area contributed by atoms with E-state index in [2.05, 4.69) is 15.9 Å². The lowest BCUT2D eigenvalue weighted by atomic mass is 10.1. The molecule has 0 bridgehead atoms. The molecular weight excluding hydrogens is 298 g/mol. The number of rotatable bonds is 3. The fourth-order valence-electron chi connectivity index (χ4n) is 1.91. The summed E-state index contributed by atoms with van der Waals surface area (Å²) in [7, 11) is 1.78. The Morgan fingerprint density at radius 2 is 2.17 bits per heavy atom. The highest BCUT2D eigenvalue weighted by atomic mass is 79.9. The molecule has 1 heterocycles.